The summed E-state index contributed by atoms with van der Waals surface area (Å²) in [5, 5.41) is 10.7. The minimum absolute atomic E-state index is 0.0963. The van der Waals surface area contributed by atoms with E-state index in [9.17, 15) is 9.18 Å². The lowest BCUT2D eigenvalue weighted by Gasteiger charge is -2.04. The van der Waals surface area contributed by atoms with Gasteiger partial charge in [-0.2, -0.15) is 0 Å². The molecule has 0 bridgehead atoms. The third kappa shape index (κ3) is 2.52. The number of aliphatic hydroxyl groups is 1. The van der Waals surface area contributed by atoms with Crippen LogP contribution in [0.3, 0.4) is 0 Å². The summed E-state index contributed by atoms with van der Waals surface area (Å²) in [6, 6.07) is 4.37. The van der Waals surface area contributed by atoms with Gasteiger partial charge in [0, 0.05) is 0 Å². The number of nitrogens with one attached hydrogen (secondary N) is 1. The topological polar surface area (TPSA) is 49.3 Å². The lowest BCUT2D eigenvalue weighted by molar-refractivity contribution is -0.118. The molecule has 0 fully saturated rings. The summed E-state index contributed by atoms with van der Waals surface area (Å²) in [5.74, 6) is -1.13. The molecular weight excluding hydrogens is 173 g/mol. The fraction of sp³-hybridized carbons (Fsp3) is 0.222. The molecule has 1 aromatic carbocycles. The Bertz CT molecular complexity index is 325. The molecule has 0 atom stereocenters. The molecule has 3 nitrogen and oxygen atoms in total. The highest BCUT2D eigenvalue weighted by molar-refractivity contribution is 5.91. The Morgan fingerprint density at radius 3 is 2.92 bits per heavy atom. The van der Waals surface area contributed by atoms with Crippen LogP contribution >= 0.6 is 0 Å². The van der Waals surface area contributed by atoms with E-state index in [1.54, 1.807) is 13.0 Å². The summed E-state index contributed by atoms with van der Waals surface area (Å²) in [6.45, 7) is 1.14. The van der Waals surface area contributed by atoms with Crippen LogP contribution in [-0.2, 0) is 4.79 Å². The first-order chi connectivity index (χ1) is 6.13. The summed E-state index contributed by atoms with van der Waals surface area (Å²) >= 11 is 0. The molecule has 0 heterocycles. The van der Waals surface area contributed by atoms with Crippen molar-refractivity contribution >= 4 is 11.6 Å². The molecule has 0 radical (unpaired) electrons. The number of aryl methyl sites for hydroxylation is 1. The van der Waals surface area contributed by atoms with Crippen molar-refractivity contribution in [1.29, 1.82) is 0 Å². The SMILES string of the molecule is Cc1ccc(F)c(NC(=O)CO)c1. The van der Waals surface area contributed by atoms with Crippen LogP contribution in [-0.4, -0.2) is 17.6 Å². The predicted molar refractivity (Wildman–Crippen MR) is 46.9 cm³/mol. The van der Waals surface area contributed by atoms with E-state index < -0.39 is 18.3 Å². The van der Waals surface area contributed by atoms with Crippen molar-refractivity contribution in [1.82, 2.24) is 0 Å². The predicted octanol–water partition coefficient (Wildman–Crippen LogP) is 1.06. The molecule has 1 amide bonds. The highest BCUT2D eigenvalue weighted by Gasteiger charge is 2.05. The normalized spacial score (nSPS) is 9.77. The zero-order chi connectivity index (χ0) is 9.84. The standard InChI is InChI=1S/C9H10FNO2/c1-6-2-3-7(10)8(4-6)11-9(13)5-12/h2-4,12H,5H2,1H3,(H,11,13). The van der Waals surface area contributed by atoms with Crippen molar-refractivity contribution in [3.63, 3.8) is 0 Å². The lowest BCUT2D eigenvalue weighted by Crippen LogP contribution is -2.16. The maximum Gasteiger partial charge on any atom is 0.250 e. The molecule has 0 aromatic heterocycles. The molecule has 1 rings (SSSR count). The first-order valence-electron chi connectivity index (χ1n) is 3.80. The van der Waals surface area contributed by atoms with Crippen molar-refractivity contribution in [2.24, 2.45) is 0 Å². The number of hydrogen-bond acceptors (Lipinski definition) is 2. The van der Waals surface area contributed by atoms with Crippen LogP contribution in [0.4, 0.5) is 10.1 Å². The van der Waals surface area contributed by atoms with E-state index in [-0.39, 0.29) is 5.69 Å². The van der Waals surface area contributed by atoms with Gasteiger partial charge in [0.15, 0.2) is 0 Å². The van der Waals surface area contributed by atoms with Crippen LogP contribution < -0.4 is 5.32 Å². The first kappa shape index (κ1) is 9.67. The van der Waals surface area contributed by atoms with Gasteiger partial charge in [0.25, 0.3) is 0 Å². The fourth-order valence-electron chi connectivity index (χ4n) is 0.925. The van der Waals surface area contributed by atoms with Gasteiger partial charge in [-0.3, -0.25) is 4.79 Å². The molecule has 70 valence electrons. The Morgan fingerprint density at radius 2 is 2.31 bits per heavy atom. The molecular formula is C9H10FNO2. The maximum absolute atomic E-state index is 13.0. The first-order valence-corrected chi connectivity index (χ1v) is 3.80. The third-order valence-corrected chi connectivity index (χ3v) is 1.54. The van der Waals surface area contributed by atoms with Crippen LogP contribution in [0, 0.1) is 12.7 Å². The number of carbonyl (C=O) groups is 1. The second-order valence-corrected chi connectivity index (χ2v) is 2.69. The Kier molecular flexibility index (Phi) is 2.97. The van der Waals surface area contributed by atoms with E-state index in [0.29, 0.717) is 0 Å². The van der Waals surface area contributed by atoms with Crippen molar-refractivity contribution in [3.05, 3.63) is 29.6 Å². The quantitative estimate of drug-likeness (QED) is 0.720. The van der Waals surface area contributed by atoms with Gasteiger partial charge in [-0.25, -0.2) is 4.39 Å². The number of rotatable bonds is 2. The molecule has 0 aliphatic carbocycles. The van der Waals surface area contributed by atoms with Gasteiger partial charge in [-0.1, -0.05) is 6.07 Å². The monoisotopic (exact) mass is 183 g/mol. The average molecular weight is 183 g/mol. The molecule has 1 aromatic rings. The van der Waals surface area contributed by atoms with E-state index in [2.05, 4.69) is 5.32 Å². The molecule has 0 aliphatic heterocycles. The number of benzene rings is 1. The highest BCUT2D eigenvalue weighted by Crippen LogP contribution is 2.15. The Hall–Kier alpha value is -1.42. The van der Waals surface area contributed by atoms with Gasteiger partial charge in [-0.05, 0) is 24.6 Å². The van der Waals surface area contributed by atoms with Crippen LogP contribution in [0.15, 0.2) is 18.2 Å². The minimum atomic E-state index is -0.645. The summed E-state index contributed by atoms with van der Waals surface area (Å²) in [7, 11) is 0. The van der Waals surface area contributed by atoms with Crippen molar-refractivity contribution < 1.29 is 14.3 Å². The molecule has 13 heavy (non-hydrogen) atoms. The van der Waals surface area contributed by atoms with E-state index in [4.69, 9.17) is 5.11 Å². The number of hydrogen-bond donors (Lipinski definition) is 2. The fourth-order valence-corrected chi connectivity index (χ4v) is 0.925. The van der Waals surface area contributed by atoms with Crippen molar-refractivity contribution in [3.8, 4) is 0 Å². The Labute approximate surface area is 75.2 Å². The smallest absolute Gasteiger partial charge is 0.250 e. The van der Waals surface area contributed by atoms with E-state index in [1.165, 1.54) is 12.1 Å². The van der Waals surface area contributed by atoms with Gasteiger partial charge >= 0.3 is 0 Å². The number of aliphatic hydroxyl groups excluding tert-OH is 1. The average Bonchev–Trinajstić information content (AvgIpc) is 2.11. The van der Waals surface area contributed by atoms with Crippen LogP contribution in [0.5, 0.6) is 0 Å². The van der Waals surface area contributed by atoms with Crippen molar-refractivity contribution in [2.75, 3.05) is 11.9 Å². The number of amides is 1. The van der Waals surface area contributed by atoms with Crippen LogP contribution in [0.2, 0.25) is 0 Å². The molecule has 2 N–H and O–H groups in total. The third-order valence-electron chi connectivity index (χ3n) is 1.54. The zero-order valence-corrected chi connectivity index (χ0v) is 7.17. The van der Waals surface area contributed by atoms with Crippen LogP contribution in [0.25, 0.3) is 0 Å². The maximum atomic E-state index is 13.0. The van der Waals surface area contributed by atoms with Crippen LogP contribution in [0.1, 0.15) is 5.56 Å². The summed E-state index contributed by atoms with van der Waals surface area (Å²) in [4.78, 5) is 10.7. The molecule has 0 saturated heterocycles. The van der Waals surface area contributed by atoms with E-state index in [0.717, 1.165) is 5.56 Å². The summed E-state index contributed by atoms with van der Waals surface area (Å²) < 4.78 is 13.0. The van der Waals surface area contributed by atoms with Crippen molar-refractivity contribution in [2.45, 2.75) is 6.92 Å². The minimum Gasteiger partial charge on any atom is -0.387 e. The second kappa shape index (κ2) is 4.00. The van der Waals surface area contributed by atoms with Gasteiger partial charge in [0.2, 0.25) is 5.91 Å². The van der Waals surface area contributed by atoms with Gasteiger partial charge < -0.3 is 10.4 Å². The highest BCUT2D eigenvalue weighted by atomic mass is 19.1. The largest absolute Gasteiger partial charge is 0.387 e. The van der Waals surface area contributed by atoms with Gasteiger partial charge in [0.05, 0.1) is 5.69 Å². The number of carbonyl (C=O) groups excluding carboxylic acids is 1. The number of halogens is 1. The molecule has 0 unspecified atom stereocenters. The van der Waals surface area contributed by atoms with E-state index >= 15 is 0 Å². The van der Waals surface area contributed by atoms with E-state index in [1.807, 2.05) is 0 Å². The molecule has 0 saturated carbocycles. The Morgan fingerprint density at radius 1 is 1.62 bits per heavy atom. The summed E-state index contributed by atoms with van der Waals surface area (Å²) in [5.41, 5.74) is 0.939. The lowest BCUT2D eigenvalue weighted by atomic mass is 10.2. The van der Waals surface area contributed by atoms with Gasteiger partial charge in [-0.15, -0.1) is 0 Å². The molecule has 4 heteroatoms. The van der Waals surface area contributed by atoms with Gasteiger partial charge in [0.1, 0.15) is 12.4 Å². The molecule has 0 spiro atoms. The second-order valence-electron chi connectivity index (χ2n) is 2.69. The zero-order valence-electron chi connectivity index (χ0n) is 7.17. The Balaban J connectivity index is 2.87. The summed E-state index contributed by atoms with van der Waals surface area (Å²) in [6.07, 6.45) is 0. The number of anilines is 1. The molecule has 0 aliphatic rings.